The standard InChI is InChI=1S/C11H14F2O4/c1-2-17-11(16)7(5-8(14)10(12)13)9(15)6-3-4-6/h6-7,10H,2-5H2,1H3. The molecule has 0 N–H and O–H groups in total. The predicted molar refractivity (Wildman–Crippen MR) is 53.5 cm³/mol. The smallest absolute Gasteiger partial charge is 0.316 e. The van der Waals surface area contributed by atoms with Crippen molar-refractivity contribution in [1.29, 1.82) is 0 Å². The van der Waals surface area contributed by atoms with Gasteiger partial charge in [0.2, 0.25) is 0 Å². The van der Waals surface area contributed by atoms with Crippen LogP contribution in [0.1, 0.15) is 26.2 Å². The number of carbonyl (C=O) groups is 3. The van der Waals surface area contributed by atoms with Gasteiger partial charge in [-0.25, -0.2) is 8.78 Å². The Morgan fingerprint density at radius 2 is 1.88 bits per heavy atom. The first kappa shape index (κ1) is 13.7. The van der Waals surface area contributed by atoms with Crippen molar-refractivity contribution in [2.75, 3.05) is 6.61 Å². The van der Waals surface area contributed by atoms with Gasteiger partial charge in [0, 0.05) is 12.3 Å². The molecule has 0 heterocycles. The number of hydrogen-bond donors (Lipinski definition) is 0. The summed E-state index contributed by atoms with van der Waals surface area (Å²) in [6, 6.07) is 0. The molecule has 0 amide bonds. The Hall–Kier alpha value is -1.33. The summed E-state index contributed by atoms with van der Waals surface area (Å²) >= 11 is 0. The molecule has 0 aromatic carbocycles. The van der Waals surface area contributed by atoms with Crippen LogP contribution in [0.3, 0.4) is 0 Å². The van der Waals surface area contributed by atoms with Gasteiger partial charge in [-0.15, -0.1) is 0 Å². The van der Waals surface area contributed by atoms with Crippen molar-refractivity contribution in [3.05, 3.63) is 0 Å². The first-order valence-electron chi connectivity index (χ1n) is 5.48. The molecular formula is C11H14F2O4. The minimum absolute atomic E-state index is 0.0517. The maximum Gasteiger partial charge on any atom is 0.316 e. The van der Waals surface area contributed by atoms with E-state index in [-0.39, 0.29) is 12.5 Å². The minimum Gasteiger partial charge on any atom is -0.465 e. The predicted octanol–water partition coefficient (Wildman–Crippen LogP) is 1.37. The van der Waals surface area contributed by atoms with Gasteiger partial charge in [-0.3, -0.25) is 14.4 Å². The van der Waals surface area contributed by atoms with E-state index in [4.69, 9.17) is 0 Å². The van der Waals surface area contributed by atoms with Gasteiger partial charge in [0.05, 0.1) is 6.61 Å². The molecule has 1 fully saturated rings. The Kier molecular flexibility index (Phi) is 4.72. The van der Waals surface area contributed by atoms with Crippen LogP contribution in [0.25, 0.3) is 0 Å². The number of ketones is 2. The summed E-state index contributed by atoms with van der Waals surface area (Å²) in [6.45, 7) is 1.60. The molecule has 1 saturated carbocycles. The number of halogens is 2. The third kappa shape index (κ3) is 3.87. The highest BCUT2D eigenvalue weighted by Gasteiger charge is 2.40. The molecule has 0 aromatic heterocycles. The number of alkyl halides is 2. The second-order valence-corrected chi connectivity index (χ2v) is 3.95. The highest BCUT2D eigenvalue weighted by Crippen LogP contribution is 2.34. The lowest BCUT2D eigenvalue weighted by Gasteiger charge is -2.13. The zero-order chi connectivity index (χ0) is 13.0. The third-order valence-corrected chi connectivity index (χ3v) is 2.54. The number of esters is 1. The molecule has 1 rings (SSSR count). The van der Waals surface area contributed by atoms with Gasteiger partial charge in [0.15, 0.2) is 11.6 Å². The highest BCUT2D eigenvalue weighted by molar-refractivity contribution is 6.04. The van der Waals surface area contributed by atoms with Crippen molar-refractivity contribution in [3.63, 3.8) is 0 Å². The Bertz CT molecular complexity index is 323. The lowest BCUT2D eigenvalue weighted by molar-refractivity contribution is -0.154. The van der Waals surface area contributed by atoms with E-state index in [2.05, 4.69) is 4.74 Å². The Balaban J connectivity index is 2.67. The molecule has 1 unspecified atom stereocenters. The van der Waals surface area contributed by atoms with Crippen LogP contribution in [-0.2, 0) is 19.1 Å². The summed E-state index contributed by atoms with van der Waals surface area (Å²) in [5.41, 5.74) is 0. The molecule has 0 aliphatic heterocycles. The second-order valence-electron chi connectivity index (χ2n) is 3.95. The SMILES string of the molecule is CCOC(=O)C(CC(=O)C(F)F)C(=O)C1CC1. The fraction of sp³-hybridized carbons (Fsp3) is 0.727. The van der Waals surface area contributed by atoms with Gasteiger partial charge >= 0.3 is 5.97 Å². The van der Waals surface area contributed by atoms with Crippen LogP contribution >= 0.6 is 0 Å². The van der Waals surface area contributed by atoms with Gasteiger partial charge in [-0.1, -0.05) is 0 Å². The molecule has 0 bridgehead atoms. The monoisotopic (exact) mass is 248 g/mol. The third-order valence-electron chi connectivity index (χ3n) is 2.54. The number of rotatable bonds is 7. The van der Waals surface area contributed by atoms with E-state index < -0.39 is 36.3 Å². The van der Waals surface area contributed by atoms with Crippen LogP contribution in [0.15, 0.2) is 0 Å². The van der Waals surface area contributed by atoms with Crippen molar-refractivity contribution in [2.24, 2.45) is 11.8 Å². The molecule has 0 aromatic rings. The number of ether oxygens (including phenoxy) is 1. The molecule has 1 aliphatic rings. The van der Waals surface area contributed by atoms with Gasteiger partial charge in [0.25, 0.3) is 6.43 Å². The molecule has 6 heteroatoms. The lowest BCUT2D eigenvalue weighted by Crippen LogP contribution is -2.31. The number of Topliss-reactive ketones (excluding diaryl/α,β-unsaturated/α-hetero) is 2. The molecular weight excluding hydrogens is 234 g/mol. The van der Waals surface area contributed by atoms with Crippen molar-refractivity contribution < 1.29 is 27.9 Å². The molecule has 4 nitrogen and oxygen atoms in total. The van der Waals surface area contributed by atoms with Gasteiger partial charge in [0.1, 0.15) is 5.92 Å². The zero-order valence-corrected chi connectivity index (χ0v) is 9.45. The Morgan fingerprint density at radius 3 is 2.29 bits per heavy atom. The van der Waals surface area contributed by atoms with Gasteiger partial charge in [-0.05, 0) is 19.8 Å². The van der Waals surface area contributed by atoms with E-state index >= 15 is 0 Å². The molecule has 0 saturated heterocycles. The molecule has 1 atom stereocenters. The summed E-state index contributed by atoms with van der Waals surface area (Å²) in [7, 11) is 0. The topological polar surface area (TPSA) is 60.4 Å². The van der Waals surface area contributed by atoms with E-state index in [1.165, 1.54) is 0 Å². The largest absolute Gasteiger partial charge is 0.465 e. The van der Waals surface area contributed by atoms with E-state index in [0.29, 0.717) is 12.8 Å². The zero-order valence-electron chi connectivity index (χ0n) is 9.45. The van der Waals surface area contributed by atoms with Crippen molar-refractivity contribution in [1.82, 2.24) is 0 Å². The maximum absolute atomic E-state index is 12.1. The highest BCUT2D eigenvalue weighted by atomic mass is 19.3. The van der Waals surface area contributed by atoms with E-state index in [1.807, 2.05) is 0 Å². The summed E-state index contributed by atoms with van der Waals surface area (Å²) in [6.07, 6.45) is -2.61. The molecule has 96 valence electrons. The molecule has 1 aliphatic carbocycles. The lowest BCUT2D eigenvalue weighted by atomic mass is 9.95. The Labute approximate surface area is 97.3 Å². The van der Waals surface area contributed by atoms with Crippen LogP contribution in [0.2, 0.25) is 0 Å². The van der Waals surface area contributed by atoms with Crippen molar-refractivity contribution >= 4 is 17.5 Å². The minimum atomic E-state index is -3.15. The number of carbonyl (C=O) groups excluding carboxylic acids is 3. The molecule has 0 radical (unpaired) electrons. The summed E-state index contributed by atoms with van der Waals surface area (Å²) < 4.78 is 28.8. The molecule has 17 heavy (non-hydrogen) atoms. The summed E-state index contributed by atoms with van der Waals surface area (Å²) in [5, 5.41) is 0. The Morgan fingerprint density at radius 1 is 1.29 bits per heavy atom. The average molecular weight is 248 g/mol. The normalized spacial score (nSPS) is 16.7. The quantitative estimate of drug-likeness (QED) is 0.504. The van der Waals surface area contributed by atoms with Crippen LogP contribution < -0.4 is 0 Å². The number of hydrogen-bond acceptors (Lipinski definition) is 4. The van der Waals surface area contributed by atoms with Crippen molar-refractivity contribution in [3.8, 4) is 0 Å². The maximum atomic E-state index is 12.1. The molecule has 0 spiro atoms. The second kappa shape index (κ2) is 5.84. The van der Waals surface area contributed by atoms with E-state index in [0.717, 1.165) is 0 Å². The fourth-order valence-corrected chi connectivity index (χ4v) is 1.49. The van der Waals surface area contributed by atoms with Gasteiger partial charge < -0.3 is 4.74 Å². The van der Waals surface area contributed by atoms with Crippen LogP contribution in [0.4, 0.5) is 8.78 Å². The average Bonchev–Trinajstić information content (AvgIpc) is 3.08. The van der Waals surface area contributed by atoms with E-state index in [1.54, 1.807) is 6.92 Å². The summed E-state index contributed by atoms with van der Waals surface area (Å²) in [4.78, 5) is 34.0. The van der Waals surface area contributed by atoms with Crippen LogP contribution in [0, 0.1) is 11.8 Å². The van der Waals surface area contributed by atoms with Crippen LogP contribution in [-0.4, -0.2) is 30.6 Å². The summed E-state index contributed by atoms with van der Waals surface area (Å²) in [5.74, 6) is -4.34. The first-order valence-corrected chi connectivity index (χ1v) is 5.48. The van der Waals surface area contributed by atoms with Gasteiger partial charge in [-0.2, -0.15) is 0 Å². The van der Waals surface area contributed by atoms with Crippen molar-refractivity contribution in [2.45, 2.75) is 32.6 Å². The fourth-order valence-electron chi connectivity index (χ4n) is 1.49. The van der Waals surface area contributed by atoms with E-state index in [9.17, 15) is 23.2 Å². The first-order chi connectivity index (χ1) is 7.97. The van der Waals surface area contributed by atoms with Crippen LogP contribution in [0.5, 0.6) is 0 Å².